The maximum absolute atomic E-state index is 13.7. The molecule has 0 radical (unpaired) electrons. The SMILES string of the molecule is COC(=O)N(C(=O)[C@@H](N)Cc1ccc(F)cc1)C(C)CCCN1C(=O)C(CC(C)C)(c2ccccc2)N=C1N. The van der Waals surface area contributed by atoms with E-state index < -0.39 is 35.4 Å². The van der Waals surface area contributed by atoms with E-state index in [1.54, 1.807) is 19.1 Å². The number of amides is 3. The number of hydrogen-bond acceptors (Lipinski definition) is 7. The second kappa shape index (κ2) is 12.8. The number of carbonyl (C=O) groups excluding carboxylic acids is 3. The summed E-state index contributed by atoms with van der Waals surface area (Å²) in [5, 5.41) is 0. The van der Waals surface area contributed by atoms with Crippen LogP contribution in [0.3, 0.4) is 0 Å². The van der Waals surface area contributed by atoms with Crippen molar-refractivity contribution in [3.63, 3.8) is 0 Å². The van der Waals surface area contributed by atoms with Gasteiger partial charge in [-0.3, -0.25) is 14.5 Å². The minimum absolute atomic E-state index is 0.131. The van der Waals surface area contributed by atoms with E-state index >= 15 is 0 Å². The maximum Gasteiger partial charge on any atom is 0.416 e. The summed E-state index contributed by atoms with van der Waals surface area (Å²) in [6, 6.07) is 13.5. The summed E-state index contributed by atoms with van der Waals surface area (Å²) < 4.78 is 18.1. The van der Waals surface area contributed by atoms with E-state index in [-0.39, 0.29) is 30.8 Å². The molecule has 3 atom stereocenters. The zero-order valence-corrected chi connectivity index (χ0v) is 23.0. The number of nitrogens with zero attached hydrogens (tertiary/aromatic N) is 3. The number of guanidine groups is 1. The maximum atomic E-state index is 13.7. The molecule has 2 aromatic rings. The summed E-state index contributed by atoms with van der Waals surface area (Å²) in [4.78, 5) is 46.5. The molecule has 1 aliphatic heterocycles. The molecule has 2 aromatic carbocycles. The van der Waals surface area contributed by atoms with Gasteiger partial charge in [0.05, 0.1) is 13.2 Å². The molecular formula is C29H38FN5O4. The molecule has 0 spiro atoms. The Morgan fingerprint density at radius 2 is 1.74 bits per heavy atom. The lowest BCUT2D eigenvalue weighted by Crippen LogP contribution is -2.51. The van der Waals surface area contributed by atoms with Crippen LogP contribution in [0.4, 0.5) is 9.18 Å². The van der Waals surface area contributed by atoms with E-state index in [0.717, 1.165) is 10.5 Å². The summed E-state index contributed by atoms with van der Waals surface area (Å²) in [5.41, 5.74) is 12.8. The van der Waals surface area contributed by atoms with Gasteiger partial charge in [0.1, 0.15) is 5.82 Å². The fourth-order valence-corrected chi connectivity index (χ4v) is 4.99. The lowest BCUT2D eigenvalue weighted by Gasteiger charge is -2.30. The first-order chi connectivity index (χ1) is 18.5. The van der Waals surface area contributed by atoms with Crippen LogP contribution < -0.4 is 11.5 Å². The molecule has 3 rings (SSSR count). The number of imide groups is 1. The van der Waals surface area contributed by atoms with Crippen LogP contribution in [0.2, 0.25) is 0 Å². The Balaban J connectivity index is 1.68. The van der Waals surface area contributed by atoms with Crippen molar-refractivity contribution < 1.29 is 23.5 Å². The number of ether oxygens (including phenoxy) is 1. The fraction of sp³-hybridized carbons (Fsp3) is 0.448. The highest BCUT2D eigenvalue weighted by atomic mass is 19.1. The molecule has 0 aliphatic carbocycles. The average Bonchev–Trinajstić information content (AvgIpc) is 3.14. The van der Waals surface area contributed by atoms with E-state index in [9.17, 15) is 18.8 Å². The van der Waals surface area contributed by atoms with E-state index in [4.69, 9.17) is 16.2 Å². The molecule has 0 fully saturated rings. The summed E-state index contributed by atoms with van der Waals surface area (Å²) >= 11 is 0. The van der Waals surface area contributed by atoms with E-state index in [1.807, 2.05) is 44.2 Å². The van der Waals surface area contributed by atoms with Crippen LogP contribution in [0.25, 0.3) is 0 Å². The van der Waals surface area contributed by atoms with Crippen LogP contribution in [-0.4, -0.2) is 59.4 Å². The average molecular weight is 540 g/mol. The van der Waals surface area contributed by atoms with Gasteiger partial charge in [-0.25, -0.2) is 19.1 Å². The molecule has 9 nitrogen and oxygen atoms in total. The molecule has 4 N–H and O–H groups in total. The Hall–Kier alpha value is -3.79. The number of methoxy groups -OCH3 is 1. The van der Waals surface area contributed by atoms with Gasteiger partial charge in [0.2, 0.25) is 5.91 Å². The molecule has 0 saturated carbocycles. The van der Waals surface area contributed by atoms with E-state index in [0.29, 0.717) is 24.8 Å². The van der Waals surface area contributed by atoms with Crippen LogP contribution in [0.1, 0.15) is 51.2 Å². The van der Waals surface area contributed by atoms with Crippen LogP contribution in [-0.2, 0) is 26.3 Å². The van der Waals surface area contributed by atoms with Crippen LogP contribution in [0, 0.1) is 11.7 Å². The fourth-order valence-electron chi connectivity index (χ4n) is 4.99. The lowest BCUT2D eigenvalue weighted by molar-refractivity contribution is -0.133. The van der Waals surface area contributed by atoms with Crippen molar-refractivity contribution in [1.82, 2.24) is 9.80 Å². The van der Waals surface area contributed by atoms with Crippen molar-refractivity contribution >= 4 is 23.9 Å². The third kappa shape index (κ3) is 6.81. The molecule has 0 aromatic heterocycles. The van der Waals surface area contributed by atoms with Crippen LogP contribution in [0.5, 0.6) is 0 Å². The monoisotopic (exact) mass is 539 g/mol. The van der Waals surface area contributed by atoms with Gasteiger partial charge in [0.25, 0.3) is 5.91 Å². The van der Waals surface area contributed by atoms with Gasteiger partial charge >= 0.3 is 6.09 Å². The Labute approximate surface area is 229 Å². The highest BCUT2D eigenvalue weighted by molar-refractivity contribution is 6.07. The minimum atomic E-state index is -1.08. The van der Waals surface area contributed by atoms with Crippen molar-refractivity contribution in [3.8, 4) is 0 Å². The standard InChI is InChI=1S/C29H38FN5O4/c1-19(2)18-29(22-10-6-5-7-11-22)26(37)34(27(32)33-29)16-8-9-20(3)35(28(38)39-4)25(36)24(31)17-21-12-14-23(30)15-13-21/h5-7,10-15,19-20,24H,8-9,16-18,31H2,1-4H3,(H2,32,33)/t20?,24-,29?/m0/s1. The molecule has 210 valence electrons. The lowest BCUT2D eigenvalue weighted by atomic mass is 9.82. The number of aliphatic imine (C=N–C) groups is 1. The summed E-state index contributed by atoms with van der Waals surface area (Å²) in [6.07, 6.45) is 0.653. The summed E-state index contributed by atoms with van der Waals surface area (Å²) in [7, 11) is 1.19. The normalized spacial score (nSPS) is 18.6. The molecule has 2 unspecified atom stereocenters. The zero-order chi connectivity index (χ0) is 28.7. The van der Waals surface area contributed by atoms with Crippen molar-refractivity contribution in [1.29, 1.82) is 0 Å². The molecule has 39 heavy (non-hydrogen) atoms. The zero-order valence-electron chi connectivity index (χ0n) is 23.0. The summed E-state index contributed by atoms with van der Waals surface area (Å²) in [6.45, 7) is 6.06. The molecule has 0 bridgehead atoms. The molecule has 3 amide bonds. The van der Waals surface area contributed by atoms with Crippen molar-refractivity contribution in [3.05, 3.63) is 71.5 Å². The van der Waals surface area contributed by atoms with Crippen molar-refractivity contribution in [2.45, 2.75) is 64.1 Å². The van der Waals surface area contributed by atoms with Crippen LogP contribution >= 0.6 is 0 Å². The quantitative estimate of drug-likeness (QED) is 0.449. The largest absolute Gasteiger partial charge is 0.452 e. The highest BCUT2D eigenvalue weighted by Gasteiger charge is 2.49. The Morgan fingerprint density at radius 3 is 2.33 bits per heavy atom. The number of rotatable bonds is 11. The third-order valence-corrected chi connectivity index (χ3v) is 6.88. The van der Waals surface area contributed by atoms with Gasteiger partial charge in [-0.05, 0) is 61.8 Å². The van der Waals surface area contributed by atoms with E-state index in [1.165, 1.54) is 24.1 Å². The van der Waals surface area contributed by atoms with Crippen molar-refractivity contribution in [2.24, 2.45) is 22.4 Å². The molecule has 10 heteroatoms. The Bertz CT molecular complexity index is 1190. The van der Waals surface area contributed by atoms with Gasteiger partial charge in [-0.1, -0.05) is 56.3 Å². The number of halogens is 1. The topological polar surface area (TPSA) is 131 Å². The van der Waals surface area contributed by atoms with Gasteiger partial charge < -0.3 is 16.2 Å². The van der Waals surface area contributed by atoms with E-state index in [2.05, 4.69) is 4.99 Å². The predicted octanol–water partition coefficient (Wildman–Crippen LogP) is 3.56. The predicted molar refractivity (Wildman–Crippen MR) is 147 cm³/mol. The van der Waals surface area contributed by atoms with Gasteiger partial charge in [0, 0.05) is 12.6 Å². The minimum Gasteiger partial charge on any atom is -0.452 e. The molecule has 0 saturated heterocycles. The first kappa shape index (κ1) is 29.8. The first-order valence-electron chi connectivity index (χ1n) is 13.1. The van der Waals surface area contributed by atoms with Gasteiger partial charge in [0.15, 0.2) is 11.5 Å². The molecular weight excluding hydrogens is 501 g/mol. The Kier molecular flexibility index (Phi) is 9.80. The Morgan fingerprint density at radius 1 is 1.10 bits per heavy atom. The smallest absolute Gasteiger partial charge is 0.416 e. The highest BCUT2D eigenvalue weighted by Crippen LogP contribution is 2.38. The van der Waals surface area contributed by atoms with Crippen molar-refractivity contribution in [2.75, 3.05) is 13.7 Å². The van der Waals surface area contributed by atoms with Crippen LogP contribution in [0.15, 0.2) is 59.6 Å². The second-order valence-corrected chi connectivity index (χ2v) is 10.4. The molecule has 1 aliphatic rings. The number of carbonyl (C=O) groups is 3. The number of benzene rings is 2. The number of nitrogens with two attached hydrogens (primary N) is 2. The first-order valence-corrected chi connectivity index (χ1v) is 13.1. The number of hydrogen-bond donors (Lipinski definition) is 2. The summed E-state index contributed by atoms with van der Waals surface area (Å²) in [5.74, 6) is -0.827. The van der Waals surface area contributed by atoms with Gasteiger partial charge in [-0.2, -0.15) is 0 Å². The van der Waals surface area contributed by atoms with Gasteiger partial charge in [-0.15, -0.1) is 0 Å². The third-order valence-electron chi connectivity index (χ3n) is 6.88. The second-order valence-electron chi connectivity index (χ2n) is 10.4. The molecule has 1 heterocycles.